The lowest BCUT2D eigenvalue weighted by molar-refractivity contribution is -0.158. The number of carbonyl (C=O) groups excluding carboxylic acids is 1. The SMILES string of the molecule is COC(=O)[C@@]1(C)CC[C@H](CCc2ccccc2)C1(C)C. The first kappa shape index (κ1) is 15.1. The Morgan fingerprint density at radius 2 is 1.90 bits per heavy atom. The van der Waals surface area contributed by atoms with E-state index in [4.69, 9.17) is 4.74 Å². The largest absolute Gasteiger partial charge is 0.469 e. The third-order valence-corrected chi connectivity index (χ3v) is 5.70. The summed E-state index contributed by atoms with van der Waals surface area (Å²) in [6, 6.07) is 10.6. The molecule has 0 spiro atoms. The average molecular weight is 274 g/mol. The molecule has 0 N–H and O–H groups in total. The first-order valence-electron chi connectivity index (χ1n) is 7.54. The lowest BCUT2D eigenvalue weighted by Crippen LogP contribution is -2.41. The molecular weight excluding hydrogens is 248 g/mol. The van der Waals surface area contributed by atoms with Crippen LogP contribution in [0.25, 0.3) is 0 Å². The molecule has 0 unspecified atom stereocenters. The molecule has 2 nitrogen and oxygen atoms in total. The Bertz CT molecular complexity index is 464. The molecule has 110 valence electrons. The molecule has 2 rings (SSSR count). The van der Waals surface area contributed by atoms with Gasteiger partial charge in [0.2, 0.25) is 0 Å². The van der Waals surface area contributed by atoms with E-state index in [-0.39, 0.29) is 16.8 Å². The Balaban J connectivity index is 2.06. The van der Waals surface area contributed by atoms with Crippen LogP contribution in [-0.2, 0) is 16.0 Å². The zero-order valence-corrected chi connectivity index (χ0v) is 13.1. The van der Waals surface area contributed by atoms with E-state index in [2.05, 4.69) is 51.1 Å². The Morgan fingerprint density at radius 3 is 2.50 bits per heavy atom. The summed E-state index contributed by atoms with van der Waals surface area (Å²) in [6.07, 6.45) is 4.29. The zero-order chi connectivity index (χ0) is 14.8. The van der Waals surface area contributed by atoms with Gasteiger partial charge in [-0.1, -0.05) is 44.2 Å². The van der Waals surface area contributed by atoms with Gasteiger partial charge >= 0.3 is 5.97 Å². The highest BCUT2D eigenvalue weighted by molar-refractivity contribution is 5.77. The van der Waals surface area contributed by atoms with Crippen molar-refractivity contribution in [2.75, 3.05) is 7.11 Å². The Hall–Kier alpha value is -1.31. The van der Waals surface area contributed by atoms with Gasteiger partial charge in [-0.2, -0.15) is 0 Å². The molecule has 0 radical (unpaired) electrons. The van der Waals surface area contributed by atoms with Crippen molar-refractivity contribution >= 4 is 5.97 Å². The lowest BCUT2D eigenvalue weighted by atomic mass is 9.65. The smallest absolute Gasteiger partial charge is 0.312 e. The van der Waals surface area contributed by atoms with Gasteiger partial charge in [0.15, 0.2) is 0 Å². The summed E-state index contributed by atoms with van der Waals surface area (Å²) in [5.74, 6) is 0.525. The van der Waals surface area contributed by atoms with Crippen LogP contribution in [0.4, 0.5) is 0 Å². The number of carbonyl (C=O) groups is 1. The van der Waals surface area contributed by atoms with Gasteiger partial charge in [-0.15, -0.1) is 0 Å². The Morgan fingerprint density at radius 1 is 1.25 bits per heavy atom. The van der Waals surface area contributed by atoms with Crippen LogP contribution in [0.2, 0.25) is 0 Å². The molecule has 1 aliphatic carbocycles. The third-order valence-electron chi connectivity index (χ3n) is 5.70. The van der Waals surface area contributed by atoms with E-state index in [1.807, 2.05) is 0 Å². The first-order valence-corrected chi connectivity index (χ1v) is 7.54. The van der Waals surface area contributed by atoms with Gasteiger partial charge in [0.1, 0.15) is 0 Å². The molecule has 0 aromatic heterocycles. The molecule has 0 aliphatic heterocycles. The van der Waals surface area contributed by atoms with Crippen LogP contribution >= 0.6 is 0 Å². The number of esters is 1. The summed E-state index contributed by atoms with van der Waals surface area (Å²) in [7, 11) is 1.50. The fourth-order valence-electron chi connectivity index (χ4n) is 3.68. The van der Waals surface area contributed by atoms with Crippen LogP contribution < -0.4 is 0 Å². The van der Waals surface area contributed by atoms with Crippen LogP contribution in [0.1, 0.15) is 45.6 Å². The average Bonchev–Trinajstić information content (AvgIpc) is 2.69. The fraction of sp³-hybridized carbons (Fsp3) is 0.611. The summed E-state index contributed by atoms with van der Waals surface area (Å²) in [4.78, 5) is 12.1. The summed E-state index contributed by atoms with van der Waals surface area (Å²) in [5, 5.41) is 0. The van der Waals surface area contributed by atoms with Crippen molar-refractivity contribution < 1.29 is 9.53 Å². The molecule has 20 heavy (non-hydrogen) atoms. The minimum absolute atomic E-state index is 0.00509. The van der Waals surface area contributed by atoms with Crippen molar-refractivity contribution in [3.63, 3.8) is 0 Å². The molecule has 2 heteroatoms. The number of aryl methyl sites for hydroxylation is 1. The molecule has 2 atom stereocenters. The van der Waals surface area contributed by atoms with Crippen molar-refractivity contribution in [3.8, 4) is 0 Å². The van der Waals surface area contributed by atoms with E-state index >= 15 is 0 Å². The maximum absolute atomic E-state index is 12.1. The van der Waals surface area contributed by atoms with E-state index in [0.29, 0.717) is 5.92 Å². The van der Waals surface area contributed by atoms with Crippen LogP contribution in [0.15, 0.2) is 30.3 Å². The van der Waals surface area contributed by atoms with Gasteiger partial charge < -0.3 is 4.74 Å². The number of methoxy groups -OCH3 is 1. The predicted molar refractivity (Wildman–Crippen MR) is 81.4 cm³/mol. The van der Waals surface area contributed by atoms with Gasteiger partial charge in [-0.3, -0.25) is 4.79 Å². The van der Waals surface area contributed by atoms with Crippen molar-refractivity contribution in [1.29, 1.82) is 0 Å². The maximum Gasteiger partial charge on any atom is 0.312 e. The van der Waals surface area contributed by atoms with Crippen molar-refractivity contribution in [2.45, 2.75) is 46.5 Å². The van der Waals surface area contributed by atoms with E-state index in [0.717, 1.165) is 25.7 Å². The molecule has 1 saturated carbocycles. The van der Waals surface area contributed by atoms with Crippen molar-refractivity contribution in [3.05, 3.63) is 35.9 Å². The van der Waals surface area contributed by atoms with E-state index in [1.165, 1.54) is 12.7 Å². The minimum Gasteiger partial charge on any atom is -0.469 e. The Labute approximate surface area is 122 Å². The summed E-state index contributed by atoms with van der Waals surface area (Å²) in [6.45, 7) is 6.53. The Kier molecular flexibility index (Phi) is 4.22. The monoisotopic (exact) mass is 274 g/mol. The van der Waals surface area contributed by atoms with Crippen LogP contribution in [0.3, 0.4) is 0 Å². The number of ether oxygens (including phenoxy) is 1. The van der Waals surface area contributed by atoms with E-state index < -0.39 is 0 Å². The topological polar surface area (TPSA) is 26.3 Å². The fourth-order valence-corrected chi connectivity index (χ4v) is 3.68. The van der Waals surface area contributed by atoms with Crippen molar-refractivity contribution in [2.24, 2.45) is 16.7 Å². The quantitative estimate of drug-likeness (QED) is 0.768. The first-order chi connectivity index (χ1) is 9.41. The van der Waals surface area contributed by atoms with Crippen LogP contribution in [-0.4, -0.2) is 13.1 Å². The van der Waals surface area contributed by atoms with Crippen LogP contribution in [0.5, 0.6) is 0 Å². The summed E-state index contributed by atoms with van der Waals surface area (Å²) in [5.41, 5.74) is 1.04. The van der Waals surface area contributed by atoms with Gasteiger partial charge in [-0.25, -0.2) is 0 Å². The number of rotatable bonds is 4. The number of hydrogen-bond acceptors (Lipinski definition) is 2. The highest BCUT2D eigenvalue weighted by Gasteiger charge is 2.56. The van der Waals surface area contributed by atoms with Gasteiger partial charge in [0, 0.05) is 0 Å². The predicted octanol–water partition coefficient (Wildman–Crippen LogP) is 4.23. The normalized spacial score (nSPS) is 28.3. The highest BCUT2D eigenvalue weighted by atomic mass is 16.5. The number of benzene rings is 1. The van der Waals surface area contributed by atoms with Crippen LogP contribution in [0, 0.1) is 16.7 Å². The molecule has 0 heterocycles. The van der Waals surface area contributed by atoms with E-state index in [9.17, 15) is 4.79 Å². The molecule has 1 aromatic carbocycles. The second kappa shape index (κ2) is 5.59. The highest BCUT2D eigenvalue weighted by Crippen LogP contribution is 2.57. The zero-order valence-electron chi connectivity index (χ0n) is 13.1. The van der Waals surface area contributed by atoms with Gasteiger partial charge in [0.05, 0.1) is 12.5 Å². The maximum atomic E-state index is 12.1. The molecule has 1 aliphatic rings. The summed E-state index contributed by atoms with van der Waals surface area (Å²) >= 11 is 0. The molecule has 0 amide bonds. The van der Waals surface area contributed by atoms with Gasteiger partial charge in [-0.05, 0) is 49.5 Å². The minimum atomic E-state index is -0.344. The second-order valence-corrected chi connectivity index (χ2v) is 6.81. The summed E-state index contributed by atoms with van der Waals surface area (Å²) < 4.78 is 5.04. The van der Waals surface area contributed by atoms with Gasteiger partial charge in [0.25, 0.3) is 0 Å². The molecule has 0 bridgehead atoms. The standard InChI is InChI=1S/C18H26O2/c1-17(2)15(11-10-14-8-6-5-7-9-14)12-13-18(17,3)16(19)20-4/h5-9,15H,10-13H2,1-4H3/t15-,18+/m0/s1. The number of hydrogen-bond donors (Lipinski definition) is 0. The van der Waals surface area contributed by atoms with E-state index in [1.54, 1.807) is 0 Å². The van der Waals surface area contributed by atoms with Crippen molar-refractivity contribution in [1.82, 2.24) is 0 Å². The second-order valence-electron chi connectivity index (χ2n) is 6.81. The molecule has 1 aromatic rings. The third kappa shape index (κ3) is 2.48. The molecule has 1 fully saturated rings. The molecular formula is C18H26O2. The lowest BCUT2D eigenvalue weighted by Gasteiger charge is -2.39. The molecule has 0 saturated heterocycles.